The van der Waals surface area contributed by atoms with Crippen LogP contribution in [0.25, 0.3) is 53.2 Å². The van der Waals surface area contributed by atoms with Crippen LogP contribution in [0.15, 0.2) is 42.7 Å². The lowest BCUT2D eigenvalue weighted by molar-refractivity contribution is -0.0123. The van der Waals surface area contributed by atoms with Crippen LogP contribution < -0.4 is 9.64 Å². The zero-order valence-corrected chi connectivity index (χ0v) is 33.9. The van der Waals surface area contributed by atoms with Crippen LogP contribution in [0.1, 0.15) is 52.5 Å². The lowest BCUT2D eigenvalue weighted by Gasteiger charge is -2.31. The molecule has 286 valence electrons. The molecule has 3 saturated heterocycles. The molecular formula is C42H48FN7O3SSi. The van der Waals surface area contributed by atoms with E-state index in [1.807, 2.05) is 18.5 Å². The number of halogens is 1. The average molecular weight is 778 g/mol. The summed E-state index contributed by atoms with van der Waals surface area (Å²) in [5.41, 5.74) is 6.15. The molecule has 4 aromatic heterocycles. The standard InChI is InChI=1S/C42H48FN7O3SSi/c1-5-55(6-2,7-3)19-13-27-10-8-11-28-20-32-31(22-45-48-32)34(33(27)28)36-37-30(12-15-44-36)35-38(49-17-18-52-25-41(4,51)24-49)46-40(47-39(35)54-37)53-26-42-14-9-16-50(42)23-29(43)21-42/h8,10-12,15,20,22,29,51H,5-7,9,14,16-18,21,23-26H2,1-4H3,(H,45,48)/t29-,41+,42+/m1/s1. The van der Waals surface area contributed by atoms with E-state index in [2.05, 4.69) is 76.5 Å². The minimum Gasteiger partial charge on any atom is -0.461 e. The highest BCUT2D eigenvalue weighted by Gasteiger charge is 2.49. The van der Waals surface area contributed by atoms with Gasteiger partial charge in [-0.25, -0.2) is 4.39 Å². The molecule has 0 bridgehead atoms. The number of aromatic amines is 1. The number of hydrogen-bond acceptors (Lipinski definition) is 10. The summed E-state index contributed by atoms with van der Waals surface area (Å²) in [6.07, 6.45) is 5.28. The smallest absolute Gasteiger partial charge is 0.319 e. The molecule has 13 heteroatoms. The van der Waals surface area contributed by atoms with Crippen LogP contribution in [0.3, 0.4) is 0 Å². The molecule has 0 radical (unpaired) electrons. The molecule has 2 N–H and O–H groups in total. The van der Waals surface area contributed by atoms with E-state index in [0.29, 0.717) is 45.1 Å². The van der Waals surface area contributed by atoms with E-state index in [-0.39, 0.29) is 18.2 Å². The first-order valence-corrected chi connectivity index (χ1v) is 23.2. The largest absolute Gasteiger partial charge is 0.461 e. The van der Waals surface area contributed by atoms with Crippen molar-refractivity contribution in [3.63, 3.8) is 0 Å². The number of rotatable bonds is 8. The van der Waals surface area contributed by atoms with Gasteiger partial charge in [0.2, 0.25) is 0 Å². The number of hydrogen-bond donors (Lipinski definition) is 2. The number of nitrogens with one attached hydrogen (secondary N) is 1. The molecule has 0 saturated carbocycles. The number of ether oxygens (including phenoxy) is 2. The third-order valence-corrected chi connectivity index (χ3v) is 18.3. The van der Waals surface area contributed by atoms with Gasteiger partial charge in [0, 0.05) is 53.0 Å². The minimum absolute atomic E-state index is 0.230. The molecule has 0 spiro atoms. The topological polar surface area (TPSA) is 113 Å². The second kappa shape index (κ2) is 14.1. The van der Waals surface area contributed by atoms with Gasteiger partial charge in [-0.15, -0.1) is 16.9 Å². The van der Waals surface area contributed by atoms with Crippen molar-refractivity contribution in [3.05, 3.63) is 48.3 Å². The molecule has 3 atom stereocenters. The number of benzene rings is 2. The highest BCUT2D eigenvalue weighted by Crippen LogP contribution is 2.47. The van der Waals surface area contributed by atoms with Crippen LogP contribution >= 0.6 is 11.3 Å². The van der Waals surface area contributed by atoms with Crippen molar-refractivity contribution in [1.29, 1.82) is 0 Å². The highest BCUT2D eigenvalue weighted by molar-refractivity contribution is 7.26. The maximum Gasteiger partial charge on any atom is 0.319 e. The maximum absolute atomic E-state index is 14.7. The summed E-state index contributed by atoms with van der Waals surface area (Å²) >= 11 is 1.57. The summed E-state index contributed by atoms with van der Waals surface area (Å²) < 4.78 is 28.0. The van der Waals surface area contributed by atoms with Crippen LogP contribution in [0.4, 0.5) is 10.2 Å². The van der Waals surface area contributed by atoms with Gasteiger partial charge < -0.3 is 19.5 Å². The fourth-order valence-electron chi connectivity index (χ4n) is 9.30. The zero-order valence-electron chi connectivity index (χ0n) is 32.0. The molecule has 55 heavy (non-hydrogen) atoms. The van der Waals surface area contributed by atoms with E-state index in [9.17, 15) is 9.50 Å². The van der Waals surface area contributed by atoms with Gasteiger partial charge in [0.1, 0.15) is 37.1 Å². The van der Waals surface area contributed by atoms with Gasteiger partial charge in [-0.2, -0.15) is 15.1 Å². The number of β-amino-alcohol motifs (C(OH)–C–C–N with tert-alkyl or cyclic N) is 1. The Balaban J connectivity index is 1.25. The van der Waals surface area contributed by atoms with Crippen LogP contribution in [0, 0.1) is 11.5 Å². The monoisotopic (exact) mass is 777 g/mol. The number of fused-ring (bicyclic) bond motifs is 6. The predicted molar refractivity (Wildman–Crippen MR) is 222 cm³/mol. The quantitative estimate of drug-likeness (QED) is 0.118. The Morgan fingerprint density at radius 2 is 1.98 bits per heavy atom. The Kier molecular flexibility index (Phi) is 9.33. The lowest BCUT2D eigenvalue weighted by atomic mass is 9.94. The molecular weight excluding hydrogens is 730 g/mol. The van der Waals surface area contributed by atoms with Crippen molar-refractivity contribution < 1.29 is 19.0 Å². The Morgan fingerprint density at radius 1 is 1.13 bits per heavy atom. The number of alkyl halides is 1. The van der Waals surface area contributed by atoms with Crippen LogP contribution in [0.5, 0.6) is 6.01 Å². The van der Waals surface area contributed by atoms with Crippen LogP contribution in [-0.2, 0) is 4.74 Å². The van der Waals surface area contributed by atoms with Crippen molar-refractivity contribution in [2.75, 3.05) is 50.9 Å². The summed E-state index contributed by atoms with van der Waals surface area (Å²) in [4.78, 5) is 20.4. The second-order valence-corrected chi connectivity index (χ2v) is 22.0. The summed E-state index contributed by atoms with van der Waals surface area (Å²) in [5.74, 6) is 4.38. The van der Waals surface area contributed by atoms with Gasteiger partial charge in [0.25, 0.3) is 0 Å². The fraction of sp³-hybridized carbons (Fsp3) is 0.476. The number of anilines is 1. The lowest BCUT2D eigenvalue weighted by Crippen LogP contribution is -2.43. The third-order valence-electron chi connectivity index (χ3n) is 12.5. The molecule has 3 aliphatic heterocycles. The van der Waals surface area contributed by atoms with Crippen LogP contribution in [0.2, 0.25) is 18.1 Å². The Morgan fingerprint density at radius 3 is 2.82 bits per heavy atom. The number of nitrogens with zero attached hydrogens (tertiary/aromatic N) is 6. The molecule has 0 unspecified atom stereocenters. The molecule has 7 heterocycles. The van der Waals surface area contributed by atoms with Gasteiger partial charge >= 0.3 is 6.01 Å². The minimum atomic E-state index is -1.73. The van der Waals surface area contributed by atoms with E-state index in [0.717, 1.165) is 96.3 Å². The normalized spacial score (nSPS) is 23.5. The van der Waals surface area contributed by atoms with Crippen molar-refractivity contribution in [2.45, 2.75) is 82.4 Å². The highest BCUT2D eigenvalue weighted by atomic mass is 32.1. The molecule has 2 aromatic carbocycles. The first-order valence-electron chi connectivity index (χ1n) is 19.7. The summed E-state index contributed by atoms with van der Waals surface area (Å²) in [7, 11) is -1.73. The molecule has 6 aromatic rings. The first-order chi connectivity index (χ1) is 26.7. The predicted octanol–water partition coefficient (Wildman–Crippen LogP) is 7.88. The van der Waals surface area contributed by atoms with E-state index >= 15 is 0 Å². The number of aliphatic hydroxyl groups is 1. The molecule has 3 aliphatic rings. The van der Waals surface area contributed by atoms with Gasteiger partial charge in [-0.3, -0.25) is 15.0 Å². The Bertz CT molecular complexity index is 2480. The van der Waals surface area contributed by atoms with Crippen LogP contribution in [-0.4, -0.2) is 107 Å². The summed E-state index contributed by atoms with van der Waals surface area (Å²) in [6.45, 7) is 11.9. The van der Waals surface area contributed by atoms with E-state index < -0.39 is 19.8 Å². The van der Waals surface area contributed by atoms with Crippen molar-refractivity contribution >= 4 is 67.2 Å². The number of aromatic nitrogens is 5. The number of pyridine rings is 1. The Hall–Kier alpha value is -4.19. The Labute approximate surface area is 325 Å². The van der Waals surface area contributed by atoms with Gasteiger partial charge in [-0.1, -0.05) is 38.8 Å². The summed E-state index contributed by atoms with van der Waals surface area (Å²) in [5, 5.41) is 24.0. The maximum atomic E-state index is 14.7. The third kappa shape index (κ3) is 6.36. The molecule has 0 aliphatic carbocycles. The molecule has 9 rings (SSSR count). The van der Waals surface area contributed by atoms with E-state index in [1.165, 1.54) is 0 Å². The summed E-state index contributed by atoms with van der Waals surface area (Å²) in [6, 6.07) is 14.2. The van der Waals surface area contributed by atoms with Gasteiger partial charge in [-0.05, 0) is 68.0 Å². The van der Waals surface area contributed by atoms with Crippen molar-refractivity contribution in [1.82, 2.24) is 30.0 Å². The van der Waals surface area contributed by atoms with Crippen molar-refractivity contribution in [3.8, 4) is 28.7 Å². The molecule has 10 nitrogen and oxygen atoms in total. The SMILES string of the molecule is CC[Si](C#Cc1cccc2cc3[nH]ncc3c(-c3nccc4c3sc3nc(OC[C@@]56CCCN5C[C@H](F)C6)nc(N5CCOC[C@@](C)(O)C5)c34)c12)(CC)CC. The second-order valence-electron chi connectivity index (χ2n) is 16.1. The number of thiophene rings is 1. The van der Waals surface area contributed by atoms with E-state index in [4.69, 9.17) is 24.4 Å². The van der Waals surface area contributed by atoms with Gasteiger partial charge in [0.05, 0.1) is 52.8 Å². The first kappa shape index (κ1) is 36.4. The molecule has 3 fully saturated rings. The van der Waals surface area contributed by atoms with Crippen molar-refractivity contribution in [2.24, 2.45) is 0 Å². The van der Waals surface area contributed by atoms with E-state index in [1.54, 1.807) is 18.3 Å². The average Bonchev–Trinajstić information content (AvgIpc) is 3.94. The zero-order chi connectivity index (χ0) is 38.0. The van der Waals surface area contributed by atoms with Gasteiger partial charge in [0.15, 0.2) is 0 Å². The number of H-pyrrole nitrogens is 1. The molecule has 0 amide bonds. The fourth-order valence-corrected chi connectivity index (χ4v) is 12.9.